The van der Waals surface area contributed by atoms with Crippen molar-refractivity contribution >= 4 is 22.7 Å². The van der Waals surface area contributed by atoms with Gasteiger partial charge in [-0.3, -0.25) is 4.98 Å². The number of aromatic nitrogens is 3. The van der Waals surface area contributed by atoms with E-state index in [0.29, 0.717) is 17.0 Å². The quantitative estimate of drug-likeness (QED) is 0.508. The van der Waals surface area contributed by atoms with E-state index >= 15 is 0 Å². The maximum absolute atomic E-state index is 5.98. The highest BCUT2D eigenvalue weighted by molar-refractivity contribution is 6.28. The molecule has 0 radical (unpaired) electrons. The monoisotopic (exact) mass is 307 g/mol. The molecule has 0 aliphatic rings. The Morgan fingerprint density at radius 2 is 1.73 bits per heavy atom. The number of rotatable bonds is 2. The average Bonchev–Trinajstić information content (AvgIpc) is 2.95. The highest BCUT2D eigenvalue weighted by Crippen LogP contribution is 2.38. The van der Waals surface area contributed by atoms with Crippen LogP contribution in [-0.4, -0.2) is 15.0 Å². The van der Waals surface area contributed by atoms with Gasteiger partial charge in [0.05, 0.1) is 5.56 Å². The zero-order chi connectivity index (χ0) is 14.9. The molecule has 0 fully saturated rings. The van der Waals surface area contributed by atoms with Crippen molar-refractivity contribution in [2.45, 2.75) is 0 Å². The Morgan fingerprint density at radius 3 is 2.55 bits per heavy atom. The largest absolute Gasteiger partial charge is 0.452 e. The molecule has 0 saturated heterocycles. The maximum Gasteiger partial charge on any atom is 0.222 e. The number of hydrogen-bond acceptors (Lipinski definition) is 4. The van der Waals surface area contributed by atoms with Gasteiger partial charge in [0.15, 0.2) is 11.3 Å². The summed E-state index contributed by atoms with van der Waals surface area (Å²) in [5, 5.41) is 0.185. The molecule has 0 aliphatic carbocycles. The molecular weight excluding hydrogens is 298 g/mol. The second kappa shape index (κ2) is 5.24. The molecule has 0 spiro atoms. The standard InChI is InChI=1S/C17H10ClN3O/c18-17-20-10-8-12(21-17)16-14(11-5-2-1-3-6-11)15-13(22-16)7-4-9-19-15/h1-10H. The van der Waals surface area contributed by atoms with Gasteiger partial charge in [-0.25, -0.2) is 9.97 Å². The third kappa shape index (κ3) is 2.14. The van der Waals surface area contributed by atoms with Gasteiger partial charge in [-0.2, -0.15) is 0 Å². The second-order valence-electron chi connectivity index (χ2n) is 4.73. The molecule has 3 aromatic heterocycles. The zero-order valence-electron chi connectivity index (χ0n) is 11.4. The van der Waals surface area contributed by atoms with Crippen molar-refractivity contribution in [3.63, 3.8) is 0 Å². The predicted octanol–water partition coefficient (Wildman–Crippen LogP) is 4.61. The Balaban J connectivity index is 2.06. The van der Waals surface area contributed by atoms with Crippen molar-refractivity contribution in [2.75, 3.05) is 0 Å². The molecule has 4 aromatic rings. The number of fused-ring (bicyclic) bond motifs is 1. The minimum Gasteiger partial charge on any atom is -0.452 e. The molecule has 4 nitrogen and oxygen atoms in total. The Kier molecular flexibility index (Phi) is 3.09. The molecule has 3 heterocycles. The van der Waals surface area contributed by atoms with Crippen LogP contribution >= 0.6 is 11.6 Å². The number of hydrogen-bond donors (Lipinski definition) is 0. The molecule has 0 unspecified atom stereocenters. The summed E-state index contributed by atoms with van der Waals surface area (Å²) in [7, 11) is 0. The first-order chi connectivity index (χ1) is 10.8. The molecule has 0 N–H and O–H groups in total. The molecule has 0 amide bonds. The molecule has 1 aromatic carbocycles. The van der Waals surface area contributed by atoms with Gasteiger partial charge in [-0.15, -0.1) is 0 Å². The Bertz CT molecular complexity index is 950. The van der Waals surface area contributed by atoms with E-state index in [9.17, 15) is 0 Å². The van der Waals surface area contributed by atoms with Crippen LogP contribution in [0.25, 0.3) is 33.7 Å². The highest BCUT2D eigenvalue weighted by Gasteiger charge is 2.19. The van der Waals surface area contributed by atoms with Crippen LogP contribution in [0, 0.1) is 0 Å². The van der Waals surface area contributed by atoms with Crippen LogP contribution in [0.5, 0.6) is 0 Å². The lowest BCUT2D eigenvalue weighted by Gasteiger charge is -2.02. The number of benzene rings is 1. The molecule has 4 rings (SSSR count). The first-order valence-corrected chi connectivity index (χ1v) is 7.12. The first kappa shape index (κ1) is 13.0. The van der Waals surface area contributed by atoms with Crippen molar-refractivity contribution in [3.8, 4) is 22.6 Å². The number of pyridine rings is 1. The minimum absolute atomic E-state index is 0.185. The third-order valence-electron chi connectivity index (χ3n) is 3.37. The number of halogens is 1. The van der Waals surface area contributed by atoms with Gasteiger partial charge in [-0.05, 0) is 35.4 Å². The van der Waals surface area contributed by atoms with E-state index in [4.69, 9.17) is 16.0 Å². The summed E-state index contributed by atoms with van der Waals surface area (Å²) in [5.74, 6) is 0.643. The van der Waals surface area contributed by atoms with E-state index in [1.54, 1.807) is 18.5 Å². The van der Waals surface area contributed by atoms with E-state index in [0.717, 1.165) is 16.6 Å². The molecule has 22 heavy (non-hydrogen) atoms. The van der Waals surface area contributed by atoms with E-state index in [1.165, 1.54) is 0 Å². The SMILES string of the molecule is Clc1nccc(-c2oc3cccnc3c2-c2ccccc2)n1. The average molecular weight is 308 g/mol. The van der Waals surface area contributed by atoms with Crippen molar-refractivity contribution < 1.29 is 4.42 Å². The lowest BCUT2D eigenvalue weighted by molar-refractivity contribution is 0.629. The topological polar surface area (TPSA) is 51.8 Å². The molecule has 0 saturated carbocycles. The van der Waals surface area contributed by atoms with Crippen LogP contribution < -0.4 is 0 Å². The van der Waals surface area contributed by atoms with E-state index in [2.05, 4.69) is 15.0 Å². The predicted molar refractivity (Wildman–Crippen MR) is 85.5 cm³/mol. The zero-order valence-corrected chi connectivity index (χ0v) is 12.2. The minimum atomic E-state index is 0.185. The molecule has 106 valence electrons. The molecule has 5 heteroatoms. The molecule has 0 atom stereocenters. The number of furan rings is 1. The van der Waals surface area contributed by atoms with Crippen LogP contribution in [0.3, 0.4) is 0 Å². The molecule has 0 bridgehead atoms. The van der Waals surface area contributed by atoms with Crippen molar-refractivity contribution in [2.24, 2.45) is 0 Å². The third-order valence-corrected chi connectivity index (χ3v) is 3.55. The van der Waals surface area contributed by atoms with Gasteiger partial charge >= 0.3 is 0 Å². The summed E-state index contributed by atoms with van der Waals surface area (Å²) in [6, 6.07) is 15.5. The van der Waals surface area contributed by atoms with Crippen molar-refractivity contribution in [1.29, 1.82) is 0 Å². The molecule has 0 aliphatic heterocycles. The van der Waals surface area contributed by atoms with Crippen LogP contribution in [-0.2, 0) is 0 Å². The lowest BCUT2D eigenvalue weighted by atomic mass is 10.0. The Hall–Kier alpha value is -2.72. The van der Waals surface area contributed by atoms with Crippen LogP contribution in [0.4, 0.5) is 0 Å². The maximum atomic E-state index is 5.98. The van der Waals surface area contributed by atoms with Crippen molar-refractivity contribution in [1.82, 2.24) is 15.0 Å². The molecular formula is C17H10ClN3O. The van der Waals surface area contributed by atoms with Gasteiger partial charge in [-0.1, -0.05) is 30.3 Å². The first-order valence-electron chi connectivity index (χ1n) is 6.75. The summed E-state index contributed by atoms with van der Waals surface area (Å²) < 4.78 is 5.98. The highest BCUT2D eigenvalue weighted by atomic mass is 35.5. The summed E-state index contributed by atoms with van der Waals surface area (Å²) in [5.41, 5.74) is 4.08. The summed E-state index contributed by atoms with van der Waals surface area (Å²) in [4.78, 5) is 12.6. The van der Waals surface area contributed by atoms with Gasteiger partial charge in [0.25, 0.3) is 0 Å². The van der Waals surface area contributed by atoms with Gasteiger partial charge in [0.2, 0.25) is 5.28 Å². The van der Waals surface area contributed by atoms with E-state index in [1.807, 2.05) is 42.5 Å². The number of nitrogens with zero attached hydrogens (tertiary/aromatic N) is 3. The second-order valence-corrected chi connectivity index (χ2v) is 5.07. The lowest BCUT2D eigenvalue weighted by Crippen LogP contribution is -1.87. The van der Waals surface area contributed by atoms with Crippen molar-refractivity contribution in [3.05, 3.63) is 66.2 Å². The van der Waals surface area contributed by atoms with Crippen LogP contribution in [0.15, 0.2) is 65.3 Å². The van der Waals surface area contributed by atoms with Crippen LogP contribution in [0.1, 0.15) is 0 Å². The van der Waals surface area contributed by atoms with E-state index < -0.39 is 0 Å². The summed E-state index contributed by atoms with van der Waals surface area (Å²) in [6.45, 7) is 0. The Labute approximate surface area is 131 Å². The fourth-order valence-corrected chi connectivity index (χ4v) is 2.59. The summed E-state index contributed by atoms with van der Waals surface area (Å²) in [6.07, 6.45) is 3.36. The smallest absolute Gasteiger partial charge is 0.222 e. The fourth-order valence-electron chi connectivity index (χ4n) is 2.44. The normalized spacial score (nSPS) is 11.0. The fraction of sp³-hybridized carbons (Fsp3) is 0. The van der Waals surface area contributed by atoms with Gasteiger partial charge in [0, 0.05) is 12.4 Å². The van der Waals surface area contributed by atoms with Gasteiger partial charge in [0.1, 0.15) is 11.2 Å². The van der Waals surface area contributed by atoms with Crippen LogP contribution in [0.2, 0.25) is 5.28 Å². The summed E-state index contributed by atoms with van der Waals surface area (Å²) >= 11 is 5.91. The van der Waals surface area contributed by atoms with Gasteiger partial charge < -0.3 is 4.42 Å². The van der Waals surface area contributed by atoms with E-state index in [-0.39, 0.29) is 5.28 Å². The Morgan fingerprint density at radius 1 is 0.864 bits per heavy atom.